The fraction of sp³-hybridized carbons (Fsp3) is 0.500. The quantitative estimate of drug-likeness (QED) is 0.605. The summed E-state index contributed by atoms with van der Waals surface area (Å²) in [6.07, 6.45) is 1.49. The molecular formula is C14H21N3O. The van der Waals surface area contributed by atoms with Crippen molar-refractivity contribution in [3.8, 4) is 0 Å². The van der Waals surface area contributed by atoms with Crippen molar-refractivity contribution in [2.75, 3.05) is 38.5 Å². The van der Waals surface area contributed by atoms with Gasteiger partial charge in [0.05, 0.1) is 0 Å². The zero-order valence-corrected chi connectivity index (χ0v) is 10.7. The Morgan fingerprint density at radius 2 is 2.00 bits per heavy atom. The van der Waals surface area contributed by atoms with E-state index in [2.05, 4.69) is 10.2 Å². The Balaban J connectivity index is 1.76. The number of rotatable bonds is 5. The molecule has 98 valence electrons. The number of carbonyl (C=O) groups is 1. The van der Waals surface area contributed by atoms with E-state index in [4.69, 9.17) is 5.73 Å². The monoisotopic (exact) mass is 247 g/mol. The van der Waals surface area contributed by atoms with Crippen LogP contribution in [0, 0.1) is 0 Å². The van der Waals surface area contributed by atoms with Crippen molar-refractivity contribution >= 4 is 11.5 Å². The fourth-order valence-electron chi connectivity index (χ4n) is 2.28. The normalized spacial score (nSPS) is 16.7. The molecule has 1 aromatic carbocycles. The van der Waals surface area contributed by atoms with Gasteiger partial charge < -0.3 is 16.0 Å². The van der Waals surface area contributed by atoms with Crippen LogP contribution in [0.3, 0.4) is 0 Å². The first-order chi connectivity index (χ1) is 8.77. The topological polar surface area (TPSA) is 58.4 Å². The number of nitrogens with one attached hydrogen (secondary N) is 1. The molecule has 1 fully saturated rings. The lowest BCUT2D eigenvalue weighted by Crippen LogP contribution is -2.43. The number of hydrogen-bond donors (Lipinski definition) is 2. The molecule has 18 heavy (non-hydrogen) atoms. The highest BCUT2D eigenvalue weighted by atomic mass is 16.1. The van der Waals surface area contributed by atoms with Crippen LogP contribution < -0.4 is 11.1 Å². The van der Waals surface area contributed by atoms with Gasteiger partial charge in [0.2, 0.25) is 0 Å². The van der Waals surface area contributed by atoms with Gasteiger partial charge in [0.1, 0.15) is 0 Å². The van der Waals surface area contributed by atoms with Gasteiger partial charge in [-0.3, -0.25) is 4.79 Å². The molecule has 0 atom stereocenters. The highest BCUT2D eigenvalue weighted by Gasteiger charge is 2.12. The van der Waals surface area contributed by atoms with E-state index in [-0.39, 0.29) is 5.78 Å². The molecule has 1 heterocycles. The number of benzene rings is 1. The minimum absolute atomic E-state index is 0.156. The van der Waals surface area contributed by atoms with Gasteiger partial charge in [0.15, 0.2) is 5.78 Å². The lowest BCUT2D eigenvalue weighted by Gasteiger charge is -2.26. The molecule has 0 unspecified atom stereocenters. The van der Waals surface area contributed by atoms with Gasteiger partial charge in [-0.15, -0.1) is 0 Å². The molecule has 0 aromatic heterocycles. The van der Waals surface area contributed by atoms with Crippen LogP contribution in [0.4, 0.5) is 5.69 Å². The highest BCUT2D eigenvalue weighted by molar-refractivity contribution is 6.00. The summed E-state index contributed by atoms with van der Waals surface area (Å²) in [7, 11) is 0. The highest BCUT2D eigenvalue weighted by Crippen LogP contribution is 2.14. The van der Waals surface area contributed by atoms with Gasteiger partial charge >= 0.3 is 0 Å². The van der Waals surface area contributed by atoms with Gasteiger partial charge in [-0.2, -0.15) is 0 Å². The van der Waals surface area contributed by atoms with Crippen molar-refractivity contribution in [2.24, 2.45) is 0 Å². The molecule has 4 nitrogen and oxygen atoms in total. The molecule has 1 aromatic rings. The Hall–Kier alpha value is -1.39. The van der Waals surface area contributed by atoms with E-state index in [1.165, 1.54) is 0 Å². The smallest absolute Gasteiger partial charge is 0.164 e. The second-order valence-corrected chi connectivity index (χ2v) is 4.71. The number of nitrogens with two attached hydrogens (primary N) is 1. The van der Waals surface area contributed by atoms with Crippen LogP contribution in [0.5, 0.6) is 0 Å². The van der Waals surface area contributed by atoms with Gasteiger partial charge in [-0.05, 0) is 25.1 Å². The average Bonchev–Trinajstić information content (AvgIpc) is 2.40. The lowest BCUT2D eigenvalue weighted by atomic mass is 10.0. The Morgan fingerprint density at radius 1 is 1.28 bits per heavy atom. The number of Topliss-reactive ketones (excluding diaryl/α,β-unsaturated/α-hetero) is 1. The molecule has 0 spiro atoms. The first-order valence-electron chi connectivity index (χ1n) is 6.58. The maximum absolute atomic E-state index is 12.0. The minimum Gasteiger partial charge on any atom is -0.398 e. The van der Waals surface area contributed by atoms with Crippen molar-refractivity contribution < 1.29 is 4.79 Å². The molecule has 4 heteroatoms. The molecular weight excluding hydrogens is 226 g/mol. The molecule has 2 rings (SSSR count). The summed E-state index contributed by atoms with van der Waals surface area (Å²) in [5.74, 6) is 0.156. The van der Waals surface area contributed by atoms with Crippen LogP contribution in [0.1, 0.15) is 23.2 Å². The van der Waals surface area contributed by atoms with Crippen molar-refractivity contribution in [1.29, 1.82) is 0 Å². The van der Waals surface area contributed by atoms with E-state index in [0.29, 0.717) is 17.7 Å². The summed E-state index contributed by atoms with van der Waals surface area (Å²) in [5, 5.41) is 3.32. The predicted octanol–water partition coefficient (Wildman–Crippen LogP) is 1.14. The third kappa shape index (κ3) is 3.55. The van der Waals surface area contributed by atoms with E-state index in [1.807, 2.05) is 18.2 Å². The van der Waals surface area contributed by atoms with Crippen LogP contribution in [0.2, 0.25) is 0 Å². The predicted molar refractivity (Wildman–Crippen MR) is 73.7 cm³/mol. The van der Waals surface area contributed by atoms with Gasteiger partial charge in [-0.25, -0.2) is 0 Å². The van der Waals surface area contributed by atoms with Crippen LogP contribution >= 0.6 is 0 Å². The summed E-state index contributed by atoms with van der Waals surface area (Å²) in [6.45, 7) is 5.28. The summed E-state index contributed by atoms with van der Waals surface area (Å²) in [6, 6.07) is 7.30. The number of hydrogen-bond acceptors (Lipinski definition) is 4. The van der Waals surface area contributed by atoms with Crippen LogP contribution in [0.25, 0.3) is 0 Å². The maximum atomic E-state index is 12.0. The summed E-state index contributed by atoms with van der Waals surface area (Å²) >= 11 is 0. The molecule has 0 aliphatic carbocycles. The van der Waals surface area contributed by atoms with E-state index in [9.17, 15) is 4.79 Å². The second kappa shape index (κ2) is 6.52. The first-order valence-corrected chi connectivity index (χ1v) is 6.58. The molecule has 3 N–H and O–H groups in total. The van der Waals surface area contributed by atoms with Gasteiger partial charge in [0, 0.05) is 43.9 Å². The molecule has 0 saturated carbocycles. The number of para-hydroxylation sites is 1. The fourth-order valence-corrected chi connectivity index (χ4v) is 2.28. The van der Waals surface area contributed by atoms with E-state index < -0.39 is 0 Å². The minimum atomic E-state index is 0.156. The Labute approximate surface area is 108 Å². The molecule has 0 amide bonds. The summed E-state index contributed by atoms with van der Waals surface area (Å²) in [4.78, 5) is 14.4. The maximum Gasteiger partial charge on any atom is 0.164 e. The largest absolute Gasteiger partial charge is 0.398 e. The number of anilines is 1. The van der Waals surface area contributed by atoms with E-state index >= 15 is 0 Å². The summed E-state index contributed by atoms with van der Waals surface area (Å²) < 4.78 is 0. The standard InChI is InChI=1S/C14H21N3O/c15-13-5-2-1-4-12(13)14(18)6-3-9-17-10-7-16-8-11-17/h1-2,4-5,16H,3,6-11,15H2. The Bertz CT molecular complexity index is 400. The van der Waals surface area contributed by atoms with Crippen molar-refractivity contribution in [3.63, 3.8) is 0 Å². The van der Waals surface area contributed by atoms with Crippen LogP contribution in [0.15, 0.2) is 24.3 Å². The van der Waals surface area contributed by atoms with E-state index in [1.54, 1.807) is 6.07 Å². The van der Waals surface area contributed by atoms with E-state index in [0.717, 1.165) is 39.1 Å². The van der Waals surface area contributed by atoms with Gasteiger partial charge in [0.25, 0.3) is 0 Å². The third-order valence-electron chi connectivity index (χ3n) is 3.35. The number of carbonyl (C=O) groups excluding carboxylic acids is 1. The molecule has 0 bridgehead atoms. The second-order valence-electron chi connectivity index (χ2n) is 4.71. The number of ketones is 1. The molecule has 1 saturated heterocycles. The Kier molecular flexibility index (Phi) is 4.73. The van der Waals surface area contributed by atoms with Gasteiger partial charge in [-0.1, -0.05) is 12.1 Å². The lowest BCUT2D eigenvalue weighted by molar-refractivity contribution is 0.0974. The molecule has 1 aliphatic heterocycles. The van der Waals surface area contributed by atoms with Crippen molar-refractivity contribution in [2.45, 2.75) is 12.8 Å². The SMILES string of the molecule is Nc1ccccc1C(=O)CCCN1CCNCC1. The van der Waals surface area contributed by atoms with Crippen LogP contribution in [-0.4, -0.2) is 43.4 Å². The zero-order valence-electron chi connectivity index (χ0n) is 10.7. The zero-order chi connectivity index (χ0) is 12.8. The number of nitrogen functional groups attached to an aromatic ring is 1. The average molecular weight is 247 g/mol. The molecule has 1 aliphatic rings. The van der Waals surface area contributed by atoms with Crippen LogP contribution in [-0.2, 0) is 0 Å². The molecule has 0 radical (unpaired) electrons. The van der Waals surface area contributed by atoms with Crippen molar-refractivity contribution in [3.05, 3.63) is 29.8 Å². The summed E-state index contributed by atoms with van der Waals surface area (Å²) in [5.41, 5.74) is 7.05. The van der Waals surface area contributed by atoms with Crippen molar-refractivity contribution in [1.82, 2.24) is 10.2 Å². The Morgan fingerprint density at radius 3 is 2.72 bits per heavy atom. The third-order valence-corrected chi connectivity index (χ3v) is 3.35. The first kappa shape index (κ1) is 13.1. The number of piperazine rings is 1. The number of nitrogens with zero attached hydrogens (tertiary/aromatic N) is 1.